The van der Waals surface area contributed by atoms with Gasteiger partial charge in [0.25, 0.3) is 0 Å². The summed E-state index contributed by atoms with van der Waals surface area (Å²) < 4.78 is 45.3. The number of rotatable bonds is 16. The Kier molecular flexibility index (Phi) is 12.2. The molecule has 300 valence electrons. The van der Waals surface area contributed by atoms with Crippen LogP contribution in [-0.4, -0.2) is 86.4 Å². The van der Waals surface area contributed by atoms with Crippen molar-refractivity contribution >= 4 is 44.5 Å². The molecule has 6 rings (SSSR count). The number of ether oxygens (including phenoxy) is 3. The predicted molar refractivity (Wildman–Crippen MR) is 218 cm³/mol. The van der Waals surface area contributed by atoms with E-state index in [1.807, 2.05) is 50.2 Å². The summed E-state index contributed by atoms with van der Waals surface area (Å²) in [6.45, 7) is 22.5. The van der Waals surface area contributed by atoms with Crippen LogP contribution in [0.3, 0.4) is 0 Å². The molecule has 2 aliphatic carbocycles. The van der Waals surface area contributed by atoms with Crippen LogP contribution < -0.4 is 19.7 Å². The van der Waals surface area contributed by atoms with E-state index in [0.29, 0.717) is 54.3 Å². The number of aliphatic imine (C=N–C) groups is 1. The third-order valence-corrected chi connectivity index (χ3v) is 11.9. The van der Waals surface area contributed by atoms with Gasteiger partial charge in [-0.25, -0.2) is 37.4 Å². The summed E-state index contributed by atoms with van der Waals surface area (Å²) in [5.74, 6) is 1.56. The molecule has 0 spiro atoms. The highest BCUT2D eigenvalue weighted by Gasteiger charge is 2.42. The van der Waals surface area contributed by atoms with E-state index in [1.165, 1.54) is 4.68 Å². The molecule has 0 bridgehead atoms. The van der Waals surface area contributed by atoms with Crippen LogP contribution in [-0.2, 0) is 24.3 Å². The molecule has 3 aliphatic rings. The van der Waals surface area contributed by atoms with Gasteiger partial charge in [0, 0.05) is 30.9 Å². The van der Waals surface area contributed by atoms with Crippen molar-refractivity contribution in [2.75, 3.05) is 49.9 Å². The van der Waals surface area contributed by atoms with Crippen LogP contribution in [0, 0.1) is 31.2 Å². The monoisotopic (exact) mass is 786 g/mol. The van der Waals surface area contributed by atoms with Gasteiger partial charge >= 0.3 is 5.97 Å². The number of carbonyl (C=O) groups is 1. The number of carbonyl (C=O) groups excluding carboxylic acids is 1. The summed E-state index contributed by atoms with van der Waals surface area (Å²) in [4.78, 5) is 30.0. The first kappa shape index (κ1) is 40.9. The van der Waals surface area contributed by atoms with Crippen LogP contribution >= 0.6 is 0 Å². The molecule has 0 radical (unpaired) electrons. The number of aryl methyl sites for hydroxylation is 1. The van der Waals surface area contributed by atoms with Gasteiger partial charge in [-0.1, -0.05) is 27.7 Å². The molecule has 2 N–H and O–H groups in total. The van der Waals surface area contributed by atoms with E-state index in [0.717, 1.165) is 49.6 Å². The highest BCUT2D eigenvalue weighted by atomic mass is 32.2. The second-order valence-corrected chi connectivity index (χ2v) is 17.3. The fourth-order valence-corrected chi connectivity index (χ4v) is 8.43. The predicted octanol–water partition coefficient (Wildman–Crippen LogP) is 6.80. The van der Waals surface area contributed by atoms with Gasteiger partial charge in [0.05, 0.1) is 36.9 Å². The lowest BCUT2D eigenvalue weighted by molar-refractivity contribution is -0.150. The molecule has 2 saturated carbocycles. The number of sulfonamides is 1. The zero-order valence-electron chi connectivity index (χ0n) is 33.7. The highest BCUT2D eigenvalue weighted by molar-refractivity contribution is 7.88. The van der Waals surface area contributed by atoms with Crippen LogP contribution in [0.2, 0.25) is 0 Å². The van der Waals surface area contributed by atoms with Crippen LogP contribution in [0.25, 0.3) is 21.8 Å². The van der Waals surface area contributed by atoms with Crippen molar-refractivity contribution in [2.24, 2.45) is 22.7 Å². The molecule has 2 fully saturated rings. The van der Waals surface area contributed by atoms with Crippen molar-refractivity contribution in [3.63, 3.8) is 0 Å². The molecule has 0 saturated heterocycles. The zero-order chi connectivity index (χ0) is 40.4. The number of methoxy groups -OCH3 is 1. The summed E-state index contributed by atoms with van der Waals surface area (Å²) in [6, 6.07) is 11.3. The Hall–Kier alpha value is -4.78. The maximum Gasteiger partial charge on any atom is 0.331 e. The summed E-state index contributed by atoms with van der Waals surface area (Å²) in [5, 5.41) is 8.20. The number of benzene rings is 2. The number of aromatic nitrogens is 3. The number of hydrogen-bond acceptors (Lipinski definition) is 11. The molecule has 3 aromatic rings. The number of fused-ring (bicyclic) bond motifs is 1. The average Bonchev–Trinajstić information content (AvgIpc) is 3.71. The van der Waals surface area contributed by atoms with E-state index >= 15 is 0 Å². The second kappa shape index (κ2) is 16.8. The van der Waals surface area contributed by atoms with E-state index in [-0.39, 0.29) is 53.0 Å². The first-order chi connectivity index (χ1) is 26.7. The van der Waals surface area contributed by atoms with Crippen LogP contribution in [0.15, 0.2) is 47.1 Å². The Bertz CT molecular complexity index is 2160. The number of esters is 1. The summed E-state index contributed by atoms with van der Waals surface area (Å²) >= 11 is 0. The second-order valence-electron chi connectivity index (χ2n) is 15.5. The largest absolute Gasteiger partial charge is 0.495 e. The molecule has 0 amide bonds. The van der Waals surface area contributed by atoms with Crippen molar-refractivity contribution in [1.29, 1.82) is 0 Å². The molecule has 14 nitrogen and oxygen atoms in total. The van der Waals surface area contributed by atoms with E-state index in [2.05, 4.69) is 47.5 Å². The molecular weight excluding hydrogens is 733 g/mol. The van der Waals surface area contributed by atoms with Gasteiger partial charge in [0.15, 0.2) is 17.5 Å². The Morgan fingerprint density at radius 1 is 1.12 bits per heavy atom. The maximum atomic E-state index is 14.2. The van der Waals surface area contributed by atoms with E-state index in [9.17, 15) is 13.2 Å². The van der Waals surface area contributed by atoms with Crippen molar-refractivity contribution in [3.8, 4) is 17.1 Å². The molecule has 1 aliphatic heterocycles. The average molecular weight is 787 g/mol. The van der Waals surface area contributed by atoms with Gasteiger partial charge in [0.1, 0.15) is 24.2 Å². The van der Waals surface area contributed by atoms with Crippen molar-refractivity contribution in [3.05, 3.63) is 64.9 Å². The smallest absolute Gasteiger partial charge is 0.331 e. The van der Waals surface area contributed by atoms with E-state index < -0.39 is 16.0 Å². The third kappa shape index (κ3) is 8.93. The Morgan fingerprint density at radius 3 is 2.46 bits per heavy atom. The quantitative estimate of drug-likeness (QED) is 0.0901. The molecule has 2 aromatic carbocycles. The number of nitrogens with one attached hydrogen (secondary N) is 2. The molecule has 56 heavy (non-hydrogen) atoms. The third-order valence-electron chi connectivity index (χ3n) is 11.2. The van der Waals surface area contributed by atoms with Crippen molar-refractivity contribution in [1.82, 2.24) is 19.5 Å². The molecule has 2 atom stereocenters. The Morgan fingerprint density at radius 2 is 1.86 bits per heavy atom. The lowest BCUT2D eigenvalue weighted by Crippen LogP contribution is -2.37. The minimum absolute atomic E-state index is 0.0192. The topological polar surface area (TPSA) is 154 Å². The molecule has 2 unspecified atom stereocenters. The number of hydrogen-bond donors (Lipinski definition) is 2. The lowest BCUT2D eigenvalue weighted by Gasteiger charge is -2.37. The van der Waals surface area contributed by atoms with Crippen LogP contribution in [0.1, 0.15) is 78.1 Å². The van der Waals surface area contributed by atoms with Crippen LogP contribution in [0.5, 0.6) is 5.75 Å². The summed E-state index contributed by atoms with van der Waals surface area (Å²) in [7, 11) is -1.70. The first-order valence-corrected chi connectivity index (χ1v) is 21.3. The lowest BCUT2D eigenvalue weighted by atomic mass is 9.75. The van der Waals surface area contributed by atoms with E-state index in [4.69, 9.17) is 35.9 Å². The Labute approximate surface area is 330 Å². The summed E-state index contributed by atoms with van der Waals surface area (Å²) in [5.41, 5.74) is 3.65. The van der Waals surface area contributed by atoms with Crippen molar-refractivity contribution < 1.29 is 27.4 Å². The fraction of sp³-hybridized carbons (Fsp3) is 0.537. The Balaban J connectivity index is 1.37. The molecular formula is C41H54N8O6S. The van der Waals surface area contributed by atoms with Gasteiger partial charge < -0.3 is 24.4 Å². The minimum atomic E-state index is -3.31. The van der Waals surface area contributed by atoms with Gasteiger partial charge in [-0.2, -0.15) is 0 Å². The van der Waals surface area contributed by atoms with Gasteiger partial charge in [-0.3, -0.25) is 0 Å². The van der Waals surface area contributed by atoms with Crippen LogP contribution in [0.4, 0.5) is 17.1 Å². The van der Waals surface area contributed by atoms with Gasteiger partial charge in [-0.15, -0.1) is 5.10 Å². The standard InChI is InChI=1S/C41H54N8O6S/c1-10-41(16-17-41)54-24-43-32-23-29(12-15-33(32)53-8)37-46-38-34(40(50)55-36-27(5)20-25(3)21-28(36)6)35(42-7)39(49(38)47-37)45-31-14-13-30(22-26(31)4)48(11-2)19-18-44-56(9,51)52/h12-15,22-23,25,27-28,36,43-44H,10-11,16-21,24H2,1-6,8-9H3. The van der Waals surface area contributed by atoms with Gasteiger partial charge in [0.2, 0.25) is 15.7 Å². The zero-order valence-corrected chi connectivity index (χ0v) is 34.5. The van der Waals surface area contributed by atoms with Crippen molar-refractivity contribution in [2.45, 2.75) is 85.4 Å². The highest BCUT2D eigenvalue weighted by Crippen LogP contribution is 2.43. The van der Waals surface area contributed by atoms with E-state index in [1.54, 1.807) is 7.11 Å². The fourth-order valence-electron chi connectivity index (χ4n) is 7.97. The normalized spacial score (nSPS) is 22.1. The number of nitrogens with zero attached hydrogens (tertiary/aromatic N) is 6. The number of anilines is 2. The molecule has 2 heterocycles. The summed E-state index contributed by atoms with van der Waals surface area (Å²) in [6.07, 6.45) is 5.77. The SMILES string of the molecule is [C-]#[N+]C1=C(C(=O)OC2C(C)CC(C)CC2C)c2nc(-c3ccc(OC)c(NCOC4(CC)CC4)c3)nn2C1=Nc1ccc(N(CC)CCNS(C)(=O)=O)cc1C. The first-order valence-electron chi connectivity index (χ1n) is 19.5. The number of allylic oxidation sites excluding steroid dienone is 1. The number of likely N-dealkylation sites (N-methyl/N-ethyl adjacent to an activating group) is 1. The molecule has 15 heteroatoms. The van der Waals surface area contributed by atoms with Gasteiger partial charge in [-0.05, 0) is 106 Å². The molecule has 1 aromatic heterocycles. The maximum absolute atomic E-state index is 14.2. The minimum Gasteiger partial charge on any atom is -0.495 e.